The van der Waals surface area contributed by atoms with Crippen molar-refractivity contribution in [3.63, 3.8) is 0 Å². The van der Waals surface area contributed by atoms with Gasteiger partial charge in [-0.15, -0.1) is 0 Å². The molecule has 1 atom stereocenters. The average Bonchev–Trinajstić information content (AvgIpc) is 2.28. The summed E-state index contributed by atoms with van der Waals surface area (Å²) in [5.41, 5.74) is 0.899. The number of rotatable bonds is 5. The van der Waals surface area contributed by atoms with Gasteiger partial charge in [0.05, 0.1) is 12.6 Å². The van der Waals surface area contributed by atoms with Crippen molar-refractivity contribution in [3.8, 4) is 5.75 Å². The number of aromatic hydroxyl groups is 1. The number of hydrogen-bond acceptors (Lipinski definition) is 3. The molecule has 0 fully saturated rings. The summed E-state index contributed by atoms with van der Waals surface area (Å²) < 4.78 is 0. The van der Waals surface area contributed by atoms with E-state index < -0.39 is 0 Å². The van der Waals surface area contributed by atoms with Gasteiger partial charge in [0.15, 0.2) is 0 Å². The topological polar surface area (TPSA) is 69.6 Å². The minimum absolute atomic E-state index is 0.0506. The Labute approximate surface area is 114 Å². The lowest BCUT2D eigenvalue weighted by atomic mass is 9.91. The van der Waals surface area contributed by atoms with Gasteiger partial charge >= 0.3 is 0 Å². The van der Waals surface area contributed by atoms with Gasteiger partial charge in [-0.1, -0.05) is 32.9 Å². The molecule has 106 valence electrons. The third-order valence-corrected chi connectivity index (χ3v) is 2.69. The molecular weight excluding hydrogens is 242 g/mol. The molecule has 0 aliphatic heterocycles. The maximum atomic E-state index is 11.8. The van der Waals surface area contributed by atoms with Crippen molar-refractivity contribution in [2.75, 3.05) is 6.61 Å². The van der Waals surface area contributed by atoms with E-state index in [9.17, 15) is 15.0 Å². The molecule has 1 aromatic carbocycles. The second-order valence-electron chi connectivity index (χ2n) is 6.06. The van der Waals surface area contributed by atoms with Gasteiger partial charge in [0.2, 0.25) is 5.91 Å². The van der Waals surface area contributed by atoms with E-state index in [4.69, 9.17) is 0 Å². The molecule has 0 saturated heterocycles. The lowest BCUT2D eigenvalue weighted by Crippen LogP contribution is -2.40. The first-order valence-corrected chi connectivity index (χ1v) is 6.48. The molecule has 0 saturated carbocycles. The highest BCUT2D eigenvalue weighted by Crippen LogP contribution is 2.18. The van der Waals surface area contributed by atoms with Gasteiger partial charge in [-0.05, 0) is 29.5 Å². The Kier molecular flexibility index (Phi) is 5.36. The van der Waals surface area contributed by atoms with Gasteiger partial charge in [-0.25, -0.2) is 0 Å². The van der Waals surface area contributed by atoms with Crippen LogP contribution in [0.1, 0.15) is 32.8 Å². The van der Waals surface area contributed by atoms with Crippen molar-refractivity contribution >= 4 is 5.91 Å². The van der Waals surface area contributed by atoms with Crippen LogP contribution in [0, 0.1) is 5.41 Å². The highest BCUT2D eigenvalue weighted by molar-refractivity contribution is 5.76. The fraction of sp³-hybridized carbons (Fsp3) is 0.533. The number of carbonyl (C=O) groups excluding carboxylic acids is 1. The molecule has 0 spiro atoms. The van der Waals surface area contributed by atoms with Crippen LogP contribution >= 0.6 is 0 Å². The van der Waals surface area contributed by atoms with E-state index in [1.165, 1.54) is 0 Å². The van der Waals surface area contributed by atoms with Crippen LogP contribution < -0.4 is 5.32 Å². The maximum Gasteiger partial charge on any atom is 0.220 e. The molecule has 0 aliphatic carbocycles. The number of phenolic OH excluding ortho intramolecular Hbond substituents is 1. The van der Waals surface area contributed by atoms with Crippen LogP contribution in [-0.4, -0.2) is 28.8 Å². The highest BCUT2D eigenvalue weighted by atomic mass is 16.3. The van der Waals surface area contributed by atoms with Crippen molar-refractivity contribution in [1.29, 1.82) is 0 Å². The molecule has 4 nitrogen and oxygen atoms in total. The molecule has 1 rings (SSSR count). The summed E-state index contributed by atoms with van der Waals surface area (Å²) in [6.07, 6.45) is 0.978. The van der Waals surface area contributed by atoms with Gasteiger partial charge in [0.1, 0.15) is 5.75 Å². The van der Waals surface area contributed by atoms with E-state index in [1.54, 1.807) is 24.3 Å². The Balaban J connectivity index is 2.54. The summed E-state index contributed by atoms with van der Waals surface area (Å²) in [5, 5.41) is 21.4. The smallest absolute Gasteiger partial charge is 0.220 e. The van der Waals surface area contributed by atoms with Crippen LogP contribution in [0.3, 0.4) is 0 Å². The van der Waals surface area contributed by atoms with Crippen molar-refractivity contribution in [1.82, 2.24) is 5.32 Å². The number of nitrogens with one attached hydrogen (secondary N) is 1. The second-order valence-corrected chi connectivity index (χ2v) is 6.06. The number of benzene rings is 1. The van der Waals surface area contributed by atoms with Crippen molar-refractivity contribution < 1.29 is 15.0 Å². The molecule has 1 amide bonds. The zero-order valence-corrected chi connectivity index (χ0v) is 11.8. The van der Waals surface area contributed by atoms with E-state index in [-0.39, 0.29) is 29.7 Å². The summed E-state index contributed by atoms with van der Waals surface area (Å²) >= 11 is 0. The summed E-state index contributed by atoms with van der Waals surface area (Å²) in [6, 6.07) is 6.47. The van der Waals surface area contributed by atoms with Crippen LogP contribution in [-0.2, 0) is 11.2 Å². The molecule has 19 heavy (non-hydrogen) atoms. The van der Waals surface area contributed by atoms with Crippen LogP contribution in [0.2, 0.25) is 0 Å². The summed E-state index contributed by atoms with van der Waals surface area (Å²) in [7, 11) is 0. The zero-order chi connectivity index (χ0) is 14.5. The predicted octanol–water partition coefficient (Wildman–Crippen LogP) is 1.85. The molecule has 1 aromatic rings. The first-order chi connectivity index (χ1) is 8.80. The molecule has 0 heterocycles. The molecule has 4 heteroatoms. The Morgan fingerprint density at radius 2 is 1.84 bits per heavy atom. The molecule has 0 bridgehead atoms. The van der Waals surface area contributed by atoms with Crippen molar-refractivity contribution in [3.05, 3.63) is 29.8 Å². The molecule has 0 radical (unpaired) electrons. The highest BCUT2D eigenvalue weighted by Gasteiger charge is 2.18. The van der Waals surface area contributed by atoms with Crippen LogP contribution in [0.25, 0.3) is 0 Å². The lowest BCUT2D eigenvalue weighted by molar-refractivity contribution is -0.123. The third kappa shape index (κ3) is 6.25. The third-order valence-electron chi connectivity index (χ3n) is 2.69. The lowest BCUT2D eigenvalue weighted by Gasteiger charge is -2.21. The number of hydrogen-bond donors (Lipinski definition) is 3. The van der Waals surface area contributed by atoms with Gasteiger partial charge in [-0.3, -0.25) is 4.79 Å². The van der Waals surface area contributed by atoms with Crippen molar-refractivity contribution in [2.24, 2.45) is 5.41 Å². The first kappa shape index (κ1) is 15.5. The Morgan fingerprint density at radius 1 is 1.26 bits per heavy atom. The summed E-state index contributed by atoms with van der Waals surface area (Å²) in [6.45, 7) is 5.90. The number of phenols is 1. The second kappa shape index (κ2) is 6.57. The molecule has 3 N–H and O–H groups in total. The molecule has 0 aliphatic rings. The van der Waals surface area contributed by atoms with Gasteiger partial charge in [-0.2, -0.15) is 0 Å². The first-order valence-electron chi connectivity index (χ1n) is 6.48. The van der Waals surface area contributed by atoms with E-state index in [2.05, 4.69) is 5.32 Å². The number of amides is 1. The SMILES string of the molecule is CC(C)(C)CC(=O)NC(CO)Cc1ccc(O)cc1. The summed E-state index contributed by atoms with van der Waals surface area (Å²) in [5.74, 6) is 0.159. The standard InChI is InChI=1S/C15H23NO3/c1-15(2,3)9-14(19)16-12(10-17)8-11-4-6-13(18)7-5-11/h4-7,12,17-18H,8-10H2,1-3H3,(H,16,19). The van der Waals surface area contributed by atoms with Gasteiger partial charge < -0.3 is 15.5 Å². The van der Waals surface area contributed by atoms with E-state index in [0.29, 0.717) is 12.8 Å². The monoisotopic (exact) mass is 265 g/mol. The summed E-state index contributed by atoms with van der Waals surface area (Å²) in [4.78, 5) is 11.8. The molecule has 0 aromatic heterocycles. The molecule has 1 unspecified atom stereocenters. The average molecular weight is 265 g/mol. The number of aliphatic hydroxyl groups is 1. The zero-order valence-electron chi connectivity index (χ0n) is 11.8. The van der Waals surface area contributed by atoms with Gasteiger partial charge in [0, 0.05) is 6.42 Å². The van der Waals surface area contributed by atoms with E-state index in [1.807, 2.05) is 20.8 Å². The van der Waals surface area contributed by atoms with Crippen LogP contribution in [0.15, 0.2) is 24.3 Å². The Morgan fingerprint density at radius 3 is 2.32 bits per heavy atom. The Bertz CT molecular complexity index is 406. The fourth-order valence-electron chi connectivity index (χ4n) is 1.84. The van der Waals surface area contributed by atoms with Crippen LogP contribution in [0.4, 0.5) is 0 Å². The van der Waals surface area contributed by atoms with Crippen LogP contribution in [0.5, 0.6) is 5.75 Å². The molecular formula is C15H23NO3. The van der Waals surface area contributed by atoms with E-state index >= 15 is 0 Å². The normalized spacial score (nSPS) is 13.1. The minimum atomic E-state index is -0.292. The predicted molar refractivity (Wildman–Crippen MR) is 74.9 cm³/mol. The van der Waals surface area contributed by atoms with Gasteiger partial charge in [0.25, 0.3) is 0 Å². The number of aliphatic hydroxyl groups excluding tert-OH is 1. The number of carbonyl (C=O) groups is 1. The van der Waals surface area contributed by atoms with Crippen molar-refractivity contribution in [2.45, 2.75) is 39.7 Å². The maximum absolute atomic E-state index is 11.8. The van der Waals surface area contributed by atoms with E-state index in [0.717, 1.165) is 5.56 Å². The largest absolute Gasteiger partial charge is 0.508 e. The fourth-order valence-corrected chi connectivity index (χ4v) is 1.84. The minimum Gasteiger partial charge on any atom is -0.508 e. The quantitative estimate of drug-likeness (QED) is 0.761. The Hall–Kier alpha value is -1.55.